The number of benzene rings is 1. The van der Waals surface area contributed by atoms with Gasteiger partial charge in [-0.25, -0.2) is 4.79 Å². The van der Waals surface area contributed by atoms with Crippen molar-refractivity contribution < 1.29 is 9.53 Å². The molecule has 1 aromatic heterocycles. The molecule has 27 heavy (non-hydrogen) atoms. The zero-order chi connectivity index (χ0) is 18.3. The molecule has 3 aliphatic rings. The lowest BCUT2D eigenvalue weighted by Crippen LogP contribution is -2.45. The number of nitrogens with zero attached hydrogens (tertiary/aromatic N) is 2. The first-order valence-electron chi connectivity index (χ1n) is 9.76. The lowest BCUT2D eigenvalue weighted by atomic mass is 9.74. The number of amides is 2. The van der Waals surface area contributed by atoms with Crippen LogP contribution in [0.5, 0.6) is 0 Å². The fourth-order valence-electron chi connectivity index (χ4n) is 4.43. The minimum Gasteiger partial charge on any atom is -0.381 e. The van der Waals surface area contributed by atoms with Crippen LogP contribution in [0.3, 0.4) is 0 Å². The van der Waals surface area contributed by atoms with Crippen LogP contribution < -0.4 is 10.6 Å². The van der Waals surface area contributed by atoms with Gasteiger partial charge in [0.05, 0.1) is 12.6 Å². The van der Waals surface area contributed by atoms with Crippen LogP contribution >= 0.6 is 11.3 Å². The molecule has 2 amide bonds. The van der Waals surface area contributed by atoms with Gasteiger partial charge in [0.15, 0.2) is 0 Å². The Balaban J connectivity index is 1.27. The number of carbonyl (C=O) groups is 1. The number of aromatic nitrogens is 2. The quantitative estimate of drug-likeness (QED) is 0.848. The monoisotopic (exact) mass is 384 g/mol. The number of rotatable bonds is 4. The Labute approximate surface area is 162 Å². The van der Waals surface area contributed by atoms with E-state index in [1.165, 1.54) is 24.0 Å². The second-order valence-electron chi connectivity index (χ2n) is 7.92. The molecular formula is C20H24N4O2S. The molecule has 1 unspecified atom stereocenters. The standard InChI is InChI=1S/C20H24N4O2S/c25-19(21-12-16-23-24-18(27-16)13-5-6-13)22-17-15-4-2-1-3-14(15)11-20(17)7-9-26-10-8-20/h1-4,13,17H,5-12H2,(H2,21,22,25). The van der Waals surface area contributed by atoms with Gasteiger partial charge in [-0.3, -0.25) is 0 Å². The van der Waals surface area contributed by atoms with Crippen LogP contribution in [-0.4, -0.2) is 29.4 Å². The summed E-state index contributed by atoms with van der Waals surface area (Å²) in [7, 11) is 0. The highest BCUT2D eigenvalue weighted by molar-refractivity contribution is 7.11. The first-order valence-corrected chi connectivity index (χ1v) is 10.6. The third kappa shape index (κ3) is 3.34. The summed E-state index contributed by atoms with van der Waals surface area (Å²) >= 11 is 1.62. The maximum atomic E-state index is 12.7. The zero-order valence-corrected chi connectivity index (χ0v) is 16.1. The van der Waals surface area contributed by atoms with E-state index in [1.807, 2.05) is 0 Å². The van der Waals surface area contributed by atoms with Crippen molar-refractivity contribution in [2.45, 2.75) is 50.6 Å². The molecular weight excluding hydrogens is 360 g/mol. The van der Waals surface area contributed by atoms with E-state index in [2.05, 4.69) is 45.1 Å². The van der Waals surface area contributed by atoms with E-state index in [-0.39, 0.29) is 17.5 Å². The molecule has 2 N–H and O–H groups in total. The third-order valence-corrected chi connectivity index (χ3v) is 7.18. The number of hydrogen-bond acceptors (Lipinski definition) is 5. The molecule has 1 saturated carbocycles. The average Bonchev–Trinajstić information content (AvgIpc) is 3.36. The van der Waals surface area contributed by atoms with Crippen molar-refractivity contribution in [3.63, 3.8) is 0 Å². The van der Waals surface area contributed by atoms with Gasteiger partial charge >= 0.3 is 6.03 Å². The molecule has 2 aliphatic carbocycles. The van der Waals surface area contributed by atoms with Gasteiger partial charge in [0.2, 0.25) is 0 Å². The highest BCUT2D eigenvalue weighted by Crippen LogP contribution is 2.51. The largest absolute Gasteiger partial charge is 0.381 e. The smallest absolute Gasteiger partial charge is 0.315 e. The van der Waals surface area contributed by atoms with Gasteiger partial charge in [-0.2, -0.15) is 0 Å². The van der Waals surface area contributed by atoms with E-state index >= 15 is 0 Å². The summed E-state index contributed by atoms with van der Waals surface area (Å²) < 4.78 is 5.60. The van der Waals surface area contributed by atoms with Crippen molar-refractivity contribution in [3.8, 4) is 0 Å². The lowest BCUT2D eigenvalue weighted by Gasteiger charge is -2.39. The molecule has 1 saturated heterocycles. The van der Waals surface area contributed by atoms with Crippen molar-refractivity contribution in [1.29, 1.82) is 0 Å². The van der Waals surface area contributed by atoms with Gasteiger partial charge < -0.3 is 15.4 Å². The van der Waals surface area contributed by atoms with Crippen LogP contribution in [0.1, 0.15) is 58.8 Å². The van der Waals surface area contributed by atoms with E-state index < -0.39 is 0 Å². The van der Waals surface area contributed by atoms with Gasteiger partial charge in [0.1, 0.15) is 10.0 Å². The molecule has 0 bridgehead atoms. The first-order chi connectivity index (χ1) is 13.2. The van der Waals surface area contributed by atoms with Crippen LogP contribution in [0.15, 0.2) is 24.3 Å². The molecule has 1 aromatic carbocycles. The van der Waals surface area contributed by atoms with E-state index in [9.17, 15) is 4.79 Å². The number of ether oxygens (including phenoxy) is 1. The molecule has 6 nitrogen and oxygen atoms in total. The molecule has 1 spiro atoms. The van der Waals surface area contributed by atoms with Crippen LogP contribution in [0.4, 0.5) is 4.79 Å². The van der Waals surface area contributed by atoms with E-state index in [0.717, 1.165) is 42.5 Å². The second kappa shape index (κ2) is 6.87. The normalized spacial score (nSPS) is 23.2. The van der Waals surface area contributed by atoms with E-state index in [0.29, 0.717) is 12.5 Å². The Bertz CT molecular complexity index is 842. The van der Waals surface area contributed by atoms with Gasteiger partial charge in [-0.05, 0) is 43.2 Å². The van der Waals surface area contributed by atoms with Gasteiger partial charge in [-0.1, -0.05) is 35.6 Å². The van der Waals surface area contributed by atoms with E-state index in [4.69, 9.17) is 4.74 Å². The molecule has 1 atom stereocenters. The van der Waals surface area contributed by atoms with Crippen molar-refractivity contribution in [1.82, 2.24) is 20.8 Å². The van der Waals surface area contributed by atoms with Crippen LogP contribution in [-0.2, 0) is 17.7 Å². The van der Waals surface area contributed by atoms with Crippen molar-refractivity contribution >= 4 is 17.4 Å². The molecule has 0 radical (unpaired) electrons. The predicted molar refractivity (Wildman–Crippen MR) is 103 cm³/mol. The molecule has 5 rings (SSSR count). The summed E-state index contributed by atoms with van der Waals surface area (Å²) in [4.78, 5) is 12.7. The Morgan fingerprint density at radius 3 is 2.85 bits per heavy atom. The lowest BCUT2D eigenvalue weighted by molar-refractivity contribution is 0.00214. The molecule has 142 valence electrons. The van der Waals surface area contributed by atoms with Crippen LogP contribution in [0, 0.1) is 5.41 Å². The summed E-state index contributed by atoms with van der Waals surface area (Å²) in [6.07, 6.45) is 5.41. The predicted octanol–water partition coefficient (Wildman–Crippen LogP) is 3.31. The number of hydrogen-bond donors (Lipinski definition) is 2. The Morgan fingerprint density at radius 2 is 2.04 bits per heavy atom. The van der Waals surface area contributed by atoms with Gasteiger partial charge in [-0.15, -0.1) is 10.2 Å². The zero-order valence-electron chi connectivity index (χ0n) is 15.2. The Kier molecular flexibility index (Phi) is 4.36. The summed E-state index contributed by atoms with van der Waals surface area (Å²) in [6.45, 7) is 1.96. The highest BCUT2D eigenvalue weighted by atomic mass is 32.1. The van der Waals surface area contributed by atoms with Crippen LogP contribution in [0.2, 0.25) is 0 Å². The molecule has 1 aliphatic heterocycles. The maximum Gasteiger partial charge on any atom is 0.315 e. The topological polar surface area (TPSA) is 76.1 Å². The second-order valence-corrected chi connectivity index (χ2v) is 9.01. The van der Waals surface area contributed by atoms with Crippen LogP contribution in [0.25, 0.3) is 0 Å². The van der Waals surface area contributed by atoms with Crippen molar-refractivity contribution in [3.05, 3.63) is 45.4 Å². The summed E-state index contributed by atoms with van der Waals surface area (Å²) in [6, 6.07) is 8.38. The number of nitrogens with one attached hydrogen (secondary N) is 2. The Hall–Kier alpha value is -1.99. The minimum atomic E-state index is -0.134. The summed E-state index contributed by atoms with van der Waals surface area (Å²) in [5.74, 6) is 0.605. The maximum absolute atomic E-state index is 12.7. The van der Waals surface area contributed by atoms with Crippen molar-refractivity contribution in [2.24, 2.45) is 5.41 Å². The molecule has 2 heterocycles. The number of fused-ring (bicyclic) bond motifs is 1. The van der Waals surface area contributed by atoms with Gasteiger partial charge in [0.25, 0.3) is 0 Å². The highest BCUT2D eigenvalue weighted by Gasteiger charge is 2.47. The van der Waals surface area contributed by atoms with Gasteiger partial charge in [0, 0.05) is 24.5 Å². The fraction of sp³-hybridized carbons (Fsp3) is 0.550. The number of carbonyl (C=O) groups excluding carboxylic acids is 1. The van der Waals surface area contributed by atoms with Crippen molar-refractivity contribution in [2.75, 3.05) is 13.2 Å². The fourth-order valence-corrected chi connectivity index (χ4v) is 5.38. The molecule has 2 aromatic rings. The Morgan fingerprint density at radius 1 is 1.22 bits per heavy atom. The third-order valence-electron chi connectivity index (χ3n) is 6.09. The summed E-state index contributed by atoms with van der Waals surface area (Å²) in [5, 5.41) is 16.7. The SMILES string of the molecule is O=C(NCc1nnc(C2CC2)s1)NC1c2ccccc2CC12CCOCC2. The molecule has 7 heteroatoms. The molecule has 2 fully saturated rings. The average molecular weight is 385 g/mol. The minimum absolute atomic E-state index is 0.0362. The first kappa shape index (κ1) is 17.1. The number of urea groups is 1. The summed E-state index contributed by atoms with van der Waals surface area (Å²) in [5.41, 5.74) is 2.67. The van der Waals surface area contributed by atoms with E-state index in [1.54, 1.807) is 11.3 Å².